The molecular formula is C19H19N3O4S. The van der Waals surface area contributed by atoms with E-state index in [1.165, 1.54) is 22.5 Å². The smallest absolute Gasteiger partial charge is 0.307 e. The van der Waals surface area contributed by atoms with Crippen LogP contribution in [0.1, 0.15) is 24.3 Å². The maximum atomic E-state index is 13.1. The predicted molar refractivity (Wildman–Crippen MR) is 102 cm³/mol. The summed E-state index contributed by atoms with van der Waals surface area (Å²) in [6.45, 7) is 0.859. The van der Waals surface area contributed by atoms with Crippen LogP contribution in [-0.4, -0.2) is 35.8 Å². The van der Waals surface area contributed by atoms with Gasteiger partial charge in [-0.25, -0.2) is 13.2 Å². The number of hydrogen-bond acceptors (Lipinski definition) is 4. The molecule has 140 valence electrons. The van der Waals surface area contributed by atoms with Crippen LogP contribution in [0.3, 0.4) is 0 Å². The Morgan fingerprint density at radius 1 is 1.00 bits per heavy atom. The minimum Gasteiger partial charge on any atom is -0.307 e. The third-order valence-electron chi connectivity index (χ3n) is 5.00. The second-order valence-corrected chi connectivity index (χ2v) is 8.67. The molecule has 0 spiro atoms. The van der Waals surface area contributed by atoms with Crippen LogP contribution >= 0.6 is 0 Å². The highest BCUT2D eigenvalue weighted by Crippen LogP contribution is 2.30. The zero-order valence-corrected chi connectivity index (χ0v) is 15.3. The summed E-state index contributed by atoms with van der Waals surface area (Å²) in [5.41, 5.74) is 0.213. The number of piperidine rings is 1. The van der Waals surface area contributed by atoms with Crippen LogP contribution in [0, 0.1) is 0 Å². The van der Waals surface area contributed by atoms with Gasteiger partial charge in [-0.05, 0) is 42.5 Å². The molecular weight excluding hydrogens is 366 g/mol. The predicted octanol–water partition coefficient (Wildman–Crippen LogP) is 1.78. The monoisotopic (exact) mass is 385 g/mol. The Morgan fingerprint density at radius 3 is 2.56 bits per heavy atom. The molecule has 8 heteroatoms. The Bertz CT molecular complexity index is 1200. The lowest BCUT2D eigenvalue weighted by Gasteiger charge is -2.32. The topological polar surface area (TPSA) is 103 Å². The summed E-state index contributed by atoms with van der Waals surface area (Å²) >= 11 is 0. The summed E-state index contributed by atoms with van der Waals surface area (Å²) < 4.78 is 27.7. The fraction of sp³-hybridized carbons (Fsp3) is 0.263. The van der Waals surface area contributed by atoms with E-state index in [-0.39, 0.29) is 16.2 Å². The number of nitrogens with one attached hydrogen (secondary N) is 2. The van der Waals surface area contributed by atoms with Gasteiger partial charge in [-0.3, -0.25) is 9.78 Å². The van der Waals surface area contributed by atoms with E-state index < -0.39 is 21.3 Å². The summed E-state index contributed by atoms with van der Waals surface area (Å²) in [6, 6.07) is 14.1. The van der Waals surface area contributed by atoms with Crippen LogP contribution in [0.4, 0.5) is 0 Å². The minimum atomic E-state index is -3.73. The molecule has 7 nitrogen and oxygen atoms in total. The molecule has 1 aromatic heterocycles. The maximum absolute atomic E-state index is 13.1. The number of H-pyrrole nitrogens is 2. The van der Waals surface area contributed by atoms with Gasteiger partial charge in [-0.1, -0.05) is 30.3 Å². The largest absolute Gasteiger partial charge is 0.326 e. The third-order valence-corrected chi connectivity index (χ3v) is 6.86. The Morgan fingerprint density at radius 2 is 1.78 bits per heavy atom. The number of aromatic nitrogens is 2. The number of fused-ring (bicyclic) bond motifs is 1. The van der Waals surface area contributed by atoms with Crippen molar-refractivity contribution >= 4 is 20.9 Å². The molecule has 0 unspecified atom stereocenters. The van der Waals surface area contributed by atoms with Gasteiger partial charge in [0.2, 0.25) is 10.0 Å². The lowest BCUT2D eigenvalue weighted by Crippen LogP contribution is -2.39. The molecule has 1 saturated heterocycles. The van der Waals surface area contributed by atoms with Gasteiger partial charge in [0.1, 0.15) is 0 Å². The third kappa shape index (κ3) is 3.33. The Kier molecular flexibility index (Phi) is 4.45. The molecule has 2 heterocycles. The standard InChI is InChI=1S/C19H19N3O4S/c23-18-16-11-15(8-9-17(16)20-19(24)21-18)27(25,26)22-10-4-7-14(12-22)13-5-2-1-3-6-13/h1-3,5-6,8-9,11,14H,4,7,10,12H2,(H2,20,21,23,24)/t14-/m1/s1. The van der Waals surface area contributed by atoms with Gasteiger partial charge in [-0.15, -0.1) is 0 Å². The van der Waals surface area contributed by atoms with Crippen molar-refractivity contribution in [1.82, 2.24) is 14.3 Å². The molecule has 0 bridgehead atoms. The first-order chi connectivity index (χ1) is 12.9. The van der Waals surface area contributed by atoms with E-state index >= 15 is 0 Å². The van der Waals surface area contributed by atoms with Crippen molar-refractivity contribution in [1.29, 1.82) is 0 Å². The first kappa shape index (κ1) is 17.7. The average Bonchev–Trinajstić information content (AvgIpc) is 2.68. The van der Waals surface area contributed by atoms with Crippen molar-refractivity contribution in [2.24, 2.45) is 0 Å². The fourth-order valence-electron chi connectivity index (χ4n) is 3.61. The number of hydrogen-bond donors (Lipinski definition) is 2. The molecule has 4 rings (SSSR count). The molecule has 1 fully saturated rings. The number of rotatable bonds is 3. The van der Waals surface area contributed by atoms with E-state index in [0.29, 0.717) is 18.6 Å². The molecule has 3 aromatic rings. The Balaban J connectivity index is 1.69. The van der Waals surface area contributed by atoms with Crippen LogP contribution in [0.25, 0.3) is 10.9 Å². The van der Waals surface area contributed by atoms with Crippen molar-refractivity contribution < 1.29 is 8.42 Å². The first-order valence-electron chi connectivity index (χ1n) is 8.76. The highest BCUT2D eigenvalue weighted by atomic mass is 32.2. The number of nitrogens with zero attached hydrogens (tertiary/aromatic N) is 1. The van der Waals surface area contributed by atoms with Crippen molar-refractivity contribution in [3.05, 3.63) is 74.9 Å². The van der Waals surface area contributed by atoms with Crippen molar-refractivity contribution in [2.75, 3.05) is 13.1 Å². The molecule has 0 radical (unpaired) electrons. The van der Waals surface area contributed by atoms with Crippen molar-refractivity contribution in [2.45, 2.75) is 23.7 Å². The van der Waals surface area contributed by atoms with Gasteiger partial charge < -0.3 is 4.98 Å². The molecule has 1 aliphatic rings. The van der Waals surface area contributed by atoms with Crippen LogP contribution < -0.4 is 11.2 Å². The molecule has 27 heavy (non-hydrogen) atoms. The summed E-state index contributed by atoms with van der Waals surface area (Å²) in [4.78, 5) is 28.1. The van der Waals surface area contributed by atoms with Crippen LogP contribution in [0.2, 0.25) is 0 Å². The zero-order valence-electron chi connectivity index (χ0n) is 14.5. The fourth-order valence-corrected chi connectivity index (χ4v) is 5.16. The summed E-state index contributed by atoms with van der Waals surface area (Å²) in [7, 11) is -3.73. The van der Waals surface area contributed by atoms with E-state index in [0.717, 1.165) is 18.4 Å². The van der Waals surface area contributed by atoms with E-state index in [9.17, 15) is 18.0 Å². The number of benzene rings is 2. The average molecular weight is 385 g/mol. The van der Waals surface area contributed by atoms with E-state index in [1.807, 2.05) is 30.3 Å². The normalized spacial score (nSPS) is 18.6. The van der Waals surface area contributed by atoms with Crippen LogP contribution in [0.5, 0.6) is 0 Å². The van der Waals surface area contributed by atoms with Gasteiger partial charge in [0, 0.05) is 13.1 Å². The summed E-state index contributed by atoms with van der Waals surface area (Å²) in [6.07, 6.45) is 1.72. The van der Waals surface area contributed by atoms with E-state index in [4.69, 9.17) is 0 Å². The first-order valence-corrected chi connectivity index (χ1v) is 10.2. The molecule has 1 aliphatic heterocycles. The minimum absolute atomic E-state index is 0.0567. The summed E-state index contributed by atoms with van der Waals surface area (Å²) in [5.74, 6) is 0.148. The van der Waals surface area contributed by atoms with Gasteiger partial charge in [-0.2, -0.15) is 4.31 Å². The van der Waals surface area contributed by atoms with E-state index in [1.54, 1.807) is 0 Å². The molecule has 1 atom stereocenters. The Labute approximate surface area is 155 Å². The summed E-state index contributed by atoms with van der Waals surface area (Å²) in [5, 5.41) is 0.146. The van der Waals surface area contributed by atoms with Gasteiger partial charge in [0.05, 0.1) is 15.8 Å². The molecule has 2 N–H and O–H groups in total. The van der Waals surface area contributed by atoms with Gasteiger partial charge >= 0.3 is 5.69 Å². The van der Waals surface area contributed by atoms with E-state index in [2.05, 4.69) is 9.97 Å². The van der Waals surface area contributed by atoms with Crippen molar-refractivity contribution in [3.8, 4) is 0 Å². The second-order valence-electron chi connectivity index (χ2n) is 6.73. The quantitative estimate of drug-likeness (QED) is 0.717. The molecule has 0 aliphatic carbocycles. The maximum Gasteiger partial charge on any atom is 0.326 e. The lowest BCUT2D eigenvalue weighted by molar-refractivity contribution is 0.315. The van der Waals surface area contributed by atoms with Gasteiger partial charge in [0.25, 0.3) is 5.56 Å². The molecule has 0 amide bonds. The zero-order chi connectivity index (χ0) is 19.0. The van der Waals surface area contributed by atoms with Crippen molar-refractivity contribution in [3.63, 3.8) is 0 Å². The van der Waals surface area contributed by atoms with Crippen LogP contribution in [0.15, 0.2) is 63.0 Å². The highest BCUT2D eigenvalue weighted by Gasteiger charge is 2.31. The molecule has 2 aromatic carbocycles. The van der Waals surface area contributed by atoms with Crippen LogP contribution in [-0.2, 0) is 10.0 Å². The Hall–Kier alpha value is -2.71. The highest BCUT2D eigenvalue weighted by molar-refractivity contribution is 7.89. The number of sulfonamides is 1. The second kappa shape index (κ2) is 6.79. The lowest BCUT2D eigenvalue weighted by atomic mass is 9.92. The number of aromatic amines is 2. The molecule has 0 saturated carbocycles. The van der Waals surface area contributed by atoms with Gasteiger partial charge in [0.15, 0.2) is 0 Å². The SMILES string of the molecule is O=c1[nH]c(=O)c2cc(S(=O)(=O)N3CCC[C@@H](c4ccccc4)C3)ccc2[nH]1.